The lowest BCUT2D eigenvalue weighted by molar-refractivity contribution is 0.246. The van der Waals surface area contributed by atoms with E-state index in [1.54, 1.807) is 0 Å². The average molecular weight is 265 g/mol. The normalized spacial score (nSPS) is 19.8. The van der Waals surface area contributed by atoms with Crippen molar-refractivity contribution in [2.45, 2.75) is 37.1 Å². The van der Waals surface area contributed by atoms with E-state index in [4.69, 9.17) is 5.11 Å². The van der Waals surface area contributed by atoms with Crippen LogP contribution in [0.2, 0.25) is 0 Å². The number of fused-ring (bicyclic) bond motifs is 1. The first kappa shape index (κ1) is 13.9. The SMILES string of the molecule is CCCC(CCO)CNC1CSc2ccccc21. The second kappa shape index (κ2) is 7.17. The average Bonchev–Trinajstić information content (AvgIpc) is 2.80. The fourth-order valence-electron chi connectivity index (χ4n) is 2.58. The van der Waals surface area contributed by atoms with Gasteiger partial charge in [0.05, 0.1) is 0 Å². The molecule has 18 heavy (non-hydrogen) atoms. The van der Waals surface area contributed by atoms with Crippen molar-refractivity contribution >= 4 is 11.8 Å². The lowest BCUT2D eigenvalue weighted by Gasteiger charge is -2.19. The van der Waals surface area contributed by atoms with Crippen molar-refractivity contribution in [3.8, 4) is 0 Å². The van der Waals surface area contributed by atoms with Crippen LogP contribution in [0.4, 0.5) is 0 Å². The van der Waals surface area contributed by atoms with Gasteiger partial charge >= 0.3 is 0 Å². The molecule has 2 unspecified atom stereocenters. The van der Waals surface area contributed by atoms with Crippen LogP contribution in [0, 0.1) is 5.92 Å². The molecule has 1 aromatic rings. The Morgan fingerprint density at radius 2 is 2.22 bits per heavy atom. The van der Waals surface area contributed by atoms with E-state index >= 15 is 0 Å². The van der Waals surface area contributed by atoms with Crippen molar-refractivity contribution < 1.29 is 5.11 Å². The van der Waals surface area contributed by atoms with Crippen LogP contribution in [0.25, 0.3) is 0 Å². The van der Waals surface area contributed by atoms with Gasteiger partial charge in [0.1, 0.15) is 0 Å². The maximum Gasteiger partial charge on any atom is 0.0434 e. The predicted octanol–water partition coefficient (Wildman–Crippen LogP) is 3.22. The summed E-state index contributed by atoms with van der Waals surface area (Å²) in [5.74, 6) is 1.75. The minimum absolute atomic E-state index is 0.308. The summed E-state index contributed by atoms with van der Waals surface area (Å²) < 4.78 is 0. The molecule has 0 saturated heterocycles. The molecule has 100 valence electrons. The van der Waals surface area contributed by atoms with Crippen LogP contribution in [-0.2, 0) is 0 Å². The molecule has 0 radical (unpaired) electrons. The van der Waals surface area contributed by atoms with Crippen LogP contribution in [0.15, 0.2) is 29.2 Å². The Labute approximate surface area is 114 Å². The van der Waals surface area contributed by atoms with E-state index < -0.39 is 0 Å². The third kappa shape index (κ3) is 3.50. The molecule has 0 aliphatic carbocycles. The number of thioether (sulfide) groups is 1. The van der Waals surface area contributed by atoms with E-state index in [1.165, 1.54) is 23.3 Å². The van der Waals surface area contributed by atoms with E-state index in [1.807, 2.05) is 11.8 Å². The van der Waals surface area contributed by atoms with Gasteiger partial charge in [0.2, 0.25) is 0 Å². The van der Waals surface area contributed by atoms with Crippen molar-refractivity contribution in [2.75, 3.05) is 18.9 Å². The molecule has 1 aliphatic rings. The Morgan fingerprint density at radius 1 is 1.39 bits per heavy atom. The van der Waals surface area contributed by atoms with Gasteiger partial charge in [-0.3, -0.25) is 0 Å². The molecule has 0 bridgehead atoms. The summed E-state index contributed by atoms with van der Waals surface area (Å²) in [5, 5.41) is 12.8. The van der Waals surface area contributed by atoms with Crippen molar-refractivity contribution in [1.82, 2.24) is 5.32 Å². The van der Waals surface area contributed by atoms with Crippen LogP contribution < -0.4 is 5.32 Å². The van der Waals surface area contributed by atoms with Crippen LogP contribution in [-0.4, -0.2) is 24.0 Å². The monoisotopic (exact) mass is 265 g/mol. The summed E-state index contributed by atoms with van der Waals surface area (Å²) in [5.41, 5.74) is 1.45. The number of hydrogen-bond donors (Lipinski definition) is 2. The molecule has 2 N–H and O–H groups in total. The maximum atomic E-state index is 9.08. The third-order valence-corrected chi connectivity index (χ3v) is 4.77. The van der Waals surface area contributed by atoms with Crippen LogP contribution in [0.1, 0.15) is 37.8 Å². The summed E-state index contributed by atoms with van der Waals surface area (Å²) in [7, 11) is 0. The first-order valence-corrected chi connectivity index (χ1v) is 7.89. The number of nitrogens with one attached hydrogen (secondary N) is 1. The zero-order valence-electron chi connectivity index (χ0n) is 11.1. The van der Waals surface area contributed by atoms with Gasteiger partial charge in [-0.05, 0) is 36.9 Å². The Kier molecular flexibility index (Phi) is 5.54. The molecule has 2 atom stereocenters. The fourth-order valence-corrected chi connectivity index (χ4v) is 3.78. The minimum atomic E-state index is 0.308. The zero-order valence-corrected chi connectivity index (χ0v) is 11.9. The van der Waals surface area contributed by atoms with Crippen LogP contribution >= 0.6 is 11.8 Å². The maximum absolute atomic E-state index is 9.08. The molecule has 0 amide bonds. The first-order valence-electron chi connectivity index (χ1n) is 6.91. The van der Waals surface area contributed by atoms with Crippen molar-refractivity contribution in [1.29, 1.82) is 0 Å². The minimum Gasteiger partial charge on any atom is -0.396 e. The second-order valence-electron chi connectivity index (χ2n) is 4.98. The Morgan fingerprint density at radius 3 is 3.00 bits per heavy atom. The number of hydrogen-bond acceptors (Lipinski definition) is 3. The highest BCUT2D eigenvalue weighted by Gasteiger charge is 2.22. The molecule has 1 aromatic carbocycles. The molecule has 0 spiro atoms. The standard InChI is InChI=1S/C15H23NOS/c1-2-5-12(8-9-17)10-16-14-11-18-15-7-4-3-6-13(14)15/h3-4,6-7,12,14,16-17H,2,5,8-11H2,1H3. The molecule has 2 rings (SSSR count). The van der Waals surface area contributed by atoms with E-state index in [-0.39, 0.29) is 0 Å². The van der Waals surface area contributed by atoms with Crippen LogP contribution in [0.5, 0.6) is 0 Å². The van der Waals surface area contributed by atoms with Gasteiger partial charge < -0.3 is 10.4 Å². The summed E-state index contributed by atoms with van der Waals surface area (Å²) in [6, 6.07) is 9.16. The molecule has 0 saturated carbocycles. The van der Waals surface area contributed by atoms with Crippen molar-refractivity contribution in [3.63, 3.8) is 0 Å². The van der Waals surface area contributed by atoms with Crippen molar-refractivity contribution in [3.05, 3.63) is 29.8 Å². The molecular formula is C15H23NOS. The zero-order chi connectivity index (χ0) is 12.8. The summed E-state index contributed by atoms with van der Waals surface area (Å²) in [6.45, 7) is 3.54. The molecule has 2 nitrogen and oxygen atoms in total. The lowest BCUT2D eigenvalue weighted by Crippen LogP contribution is -2.28. The summed E-state index contributed by atoms with van der Waals surface area (Å²) in [4.78, 5) is 1.42. The molecule has 0 fully saturated rings. The Hall–Kier alpha value is -0.510. The predicted molar refractivity (Wildman–Crippen MR) is 78.0 cm³/mol. The quantitative estimate of drug-likeness (QED) is 0.794. The summed E-state index contributed by atoms with van der Waals surface area (Å²) in [6.07, 6.45) is 3.32. The van der Waals surface area contributed by atoms with Gasteiger partial charge in [-0.1, -0.05) is 31.5 Å². The highest BCUT2D eigenvalue weighted by Crippen LogP contribution is 2.37. The Balaban J connectivity index is 1.87. The third-order valence-electron chi connectivity index (χ3n) is 3.59. The second-order valence-corrected chi connectivity index (χ2v) is 6.04. The van der Waals surface area contributed by atoms with Gasteiger partial charge in [0.15, 0.2) is 0 Å². The first-order chi connectivity index (χ1) is 8.85. The largest absolute Gasteiger partial charge is 0.396 e. The molecule has 1 aliphatic heterocycles. The number of rotatable bonds is 7. The molecule has 3 heteroatoms. The summed E-state index contributed by atoms with van der Waals surface area (Å²) >= 11 is 1.94. The number of aliphatic hydroxyl groups is 1. The highest BCUT2D eigenvalue weighted by molar-refractivity contribution is 7.99. The van der Waals surface area contributed by atoms with Crippen LogP contribution in [0.3, 0.4) is 0 Å². The molecule has 1 heterocycles. The van der Waals surface area contributed by atoms with Gasteiger partial charge in [0, 0.05) is 23.3 Å². The van der Waals surface area contributed by atoms with Gasteiger partial charge in [-0.15, -0.1) is 11.8 Å². The smallest absolute Gasteiger partial charge is 0.0434 e. The van der Waals surface area contributed by atoms with E-state index in [0.717, 1.165) is 18.7 Å². The van der Waals surface area contributed by atoms with Gasteiger partial charge in [-0.25, -0.2) is 0 Å². The Bertz CT molecular complexity index is 363. The molecular weight excluding hydrogens is 242 g/mol. The van der Waals surface area contributed by atoms with E-state index in [9.17, 15) is 0 Å². The number of aliphatic hydroxyl groups excluding tert-OH is 1. The fraction of sp³-hybridized carbons (Fsp3) is 0.600. The van der Waals surface area contributed by atoms with Gasteiger partial charge in [-0.2, -0.15) is 0 Å². The van der Waals surface area contributed by atoms with Crippen molar-refractivity contribution in [2.24, 2.45) is 5.92 Å². The van der Waals surface area contributed by atoms with Gasteiger partial charge in [0.25, 0.3) is 0 Å². The topological polar surface area (TPSA) is 32.3 Å². The molecule has 0 aromatic heterocycles. The van der Waals surface area contributed by atoms with E-state index in [0.29, 0.717) is 18.6 Å². The number of benzene rings is 1. The lowest BCUT2D eigenvalue weighted by atomic mass is 9.99. The highest BCUT2D eigenvalue weighted by atomic mass is 32.2. The van der Waals surface area contributed by atoms with E-state index in [2.05, 4.69) is 36.5 Å².